The average molecular weight is 380 g/mol. The largest absolute Gasteiger partial charge is 0.395 e. The van der Waals surface area contributed by atoms with Crippen LogP contribution in [0.3, 0.4) is 0 Å². The molecule has 0 bridgehead atoms. The van der Waals surface area contributed by atoms with Gasteiger partial charge < -0.3 is 10.4 Å². The van der Waals surface area contributed by atoms with E-state index in [1.54, 1.807) is 0 Å². The van der Waals surface area contributed by atoms with Gasteiger partial charge in [-0.3, -0.25) is 10.1 Å². The lowest BCUT2D eigenvalue weighted by Gasteiger charge is -2.07. The number of aliphatic hydroxyl groups excluding tert-OH is 1. The van der Waals surface area contributed by atoms with Gasteiger partial charge in [-0.2, -0.15) is 0 Å². The van der Waals surface area contributed by atoms with Crippen LogP contribution in [0.25, 0.3) is 0 Å². The van der Waals surface area contributed by atoms with Gasteiger partial charge in [0, 0.05) is 13.0 Å². The molecule has 0 aliphatic rings. The quantitative estimate of drug-likeness (QED) is 0.112. The predicted molar refractivity (Wildman–Crippen MR) is 111 cm³/mol. The molecular formula is C22H37NO4. The second-order valence-corrected chi connectivity index (χ2v) is 6.33. The lowest BCUT2D eigenvalue weighted by Crippen LogP contribution is -2.25. The lowest BCUT2D eigenvalue weighted by atomic mass is 10.1. The molecule has 0 aliphatic heterocycles. The fraction of sp³-hybridized carbons (Fsp3) is 0.591. The Morgan fingerprint density at radius 2 is 1.78 bits per heavy atom. The van der Waals surface area contributed by atoms with Crippen molar-refractivity contribution in [2.24, 2.45) is 0 Å². The van der Waals surface area contributed by atoms with Crippen molar-refractivity contribution in [3.05, 3.63) is 48.6 Å². The molecule has 154 valence electrons. The number of carbonyl (C=O) groups excluding carboxylic acids is 1. The minimum atomic E-state index is -0.220. The summed E-state index contributed by atoms with van der Waals surface area (Å²) in [6.07, 6.45) is 24.2. The Hall–Kier alpha value is -1.69. The lowest BCUT2D eigenvalue weighted by molar-refractivity contribution is -0.267. The molecule has 27 heavy (non-hydrogen) atoms. The van der Waals surface area contributed by atoms with Crippen LogP contribution in [0, 0.1) is 0 Å². The smallest absolute Gasteiger partial charge is 0.220 e. The Morgan fingerprint density at radius 1 is 1.04 bits per heavy atom. The van der Waals surface area contributed by atoms with E-state index in [1.807, 2.05) is 18.2 Å². The van der Waals surface area contributed by atoms with Crippen LogP contribution in [0.1, 0.15) is 64.7 Å². The van der Waals surface area contributed by atoms with Crippen molar-refractivity contribution in [2.45, 2.75) is 70.8 Å². The van der Waals surface area contributed by atoms with Gasteiger partial charge in [0.2, 0.25) is 5.91 Å². The number of hydrogen-bond donors (Lipinski definition) is 3. The molecule has 0 aromatic carbocycles. The molecule has 0 aromatic heterocycles. The summed E-state index contributed by atoms with van der Waals surface area (Å²) in [5.41, 5.74) is 0. The Bertz CT molecular complexity index is 455. The van der Waals surface area contributed by atoms with Crippen LogP contribution in [-0.4, -0.2) is 35.5 Å². The van der Waals surface area contributed by atoms with Gasteiger partial charge in [0.1, 0.15) is 6.10 Å². The second kappa shape index (κ2) is 20.6. The fourth-order valence-corrected chi connectivity index (χ4v) is 2.35. The molecule has 1 atom stereocenters. The number of hydrogen-bond acceptors (Lipinski definition) is 4. The molecule has 0 saturated heterocycles. The number of allylic oxidation sites excluding steroid dienone is 7. The Morgan fingerprint density at radius 3 is 2.48 bits per heavy atom. The first kappa shape index (κ1) is 25.3. The van der Waals surface area contributed by atoms with Crippen LogP contribution in [0.2, 0.25) is 0 Å². The monoisotopic (exact) mass is 379 g/mol. The molecule has 3 N–H and O–H groups in total. The standard InChI is InChI=1S/C22H37NO4/c1-2-3-13-16-21(27-26)17-14-11-9-7-5-4-6-8-10-12-15-18-22(25)23-19-20-24/h4-5,8-11,14,17,21,24,26H,2-3,6-7,12-13,15-16,18-20H2,1H3,(H,23,25)/b5-4-,10-8-,11-9-,17-14+/t21-/m0/s1. The molecule has 0 spiro atoms. The molecule has 0 rings (SSSR count). The molecule has 0 fully saturated rings. The van der Waals surface area contributed by atoms with Gasteiger partial charge in [-0.15, -0.1) is 0 Å². The number of unbranched alkanes of at least 4 members (excludes halogenated alkanes) is 3. The zero-order valence-electron chi connectivity index (χ0n) is 16.7. The molecule has 1 amide bonds. The van der Waals surface area contributed by atoms with E-state index >= 15 is 0 Å². The maximum atomic E-state index is 11.3. The van der Waals surface area contributed by atoms with Crippen LogP contribution >= 0.6 is 0 Å². The van der Waals surface area contributed by atoms with Crippen LogP contribution in [0.5, 0.6) is 0 Å². The topological polar surface area (TPSA) is 78.8 Å². The van der Waals surface area contributed by atoms with Crippen molar-refractivity contribution in [3.63, 3.8) is 0 Å². The Kier molecular flexibility index (Phi) is 19.3. The van der Waals surface area contributed by atoms with E-state index in [2.05, 4.69) is 47.5 Å². The summed E-state index contributed by atoms with van der Waals surface area (Å²) < 4.78 is 0. The molecule has 0 aromatic rings. The van der Waals surface area contributed by atoms with Crippen molar-refractivity contribution >= 4 is 5.91 Å². The summed E-state index contributed by atoms with van der Waals surface area (Å²) in [6, 6.07) is 0. The predicted octanol–water partition coefficient (Wildman–Crippen LogP) is 4.71. The average Bonchev–Trinajstić information content (AvgIpc) is 2.68. The number of amides is 1. The van der Waals surface area contributed by atoms with Crippen molar-refractivity contribution in [1.82, 2.24) is 5.32 Å². The third-order valence-electron chi connectivity index (χ3n) is 3.89. The number of aliphatic hydroxyl groups is 1. The molecule has 5 nitrogen and oxygen atoms in total. The fourth-order valence-electron chi connectivity index (χ4n) is 2.35. The number of rotatable bonds is 17. The van der Waals surface area contributed by atoms with E-state index < -0.39 is 0 Å². The maximum absolute atomic E-state index is 11.3. The van der Waals surface area contributed by atoms with Crippen LogP contribution in [-0.2, 0) is 9.68 Å². The van der Waals surface area contributed by atoms with Crippen molar-refractivity contribution in [1.29, 1.82) is 0 Å². The zero-order chi connectivity index (χ0) is 20.0. The Labute approximate surface area is 164 Å². The van der Waals surface area contributed by atoms with Gasteiger partial charge in [0.15, 0.2) is 0 Å². The molecule has 0 heterocycles. The molecule has 0 saturated carbocycles. The van der Waals surface area contributed by atoms with Gasteiger partial charge in [-0.25, -0.2) is 4.89 Å². The first-order valence-electron chi connectivity index (χ1n) is 10.1. The van der Waals surface area contributed by atoms with Gasteiger partial charge in [0.05, 0.1) is 6.61 Å². The summed E-state index contributed by atoms with van der Waals surface area (Å²) in [5, 5.41) is 20.1. The van der Waals surface area contributed by atoms with E-state index in [-0.39, 0.29) is 18.6 Å². The summed E-state index contributed by atoms with van der Waals surface area (Å²) in [7, 11) is 0. The summed E-state index contributed by atoms with van der Waals surface area (Å²) in [5.74, 6) is -0.00369. The van der Waals surface area contributed by atoms with Crippen molar-refractivity contribution in [3.8, 4) is 0 Å². The van der Waals surface area contributed by atoms with Crippen molar-refractivity contribution in [2.75, 3.05) is 13.2 Å². The maximum Gasteiger partial charge on any atom is 0.220 e. The molecule has 5 heteroatoms. The first-order valence-corrected chi connectivity index (χ1v) is 10.1. The van der Waals surface area contributed by atoms with Crippen molar-refractivity contribution < 1.29 is 20.0 Å². The van der Waals surface area contributed by atoms with E-state index in [0.717, 1.165) is 51.4 Å². The van der Waals surface area contributed by atoms with Crippen LogP contribution in [0.4, 0.5) is 0 Å². The normalized spacial score (nSPS) is 13.4. The van der Waals surface area contributed by atoms with Gasteiger partial charge >= 0.3 is 0 Å². The summed E-state index contributed by atoms with van der Waals surface area (Å²) in [4.78, 5) is 15.8. The third-order valence-corrected chi connectivity index (χ3v) is 3.89. The van der Waals surface area contributed by atoms with E-state index in [0.29, 0.717) is 13.0 Å². The minimum absolute atomic E-state index is 0.00369. The number of nitrogens with one attached hydrogen (secondary N) is 1. The van der Waals surface area contributed by atoms with E-state index in [1.165, 1.54) is 0 Å². The molecule has 0 radical (unpaired) electrons. The summed E-state index contributed by atoms with van der Waals surface area (Å²) in [6.45, 7) is 2.47. The van der Waals surface area contributed by atoms with Gasteiger partial charge in [-0.1, -0.05) is 74.8 Å². The SMILES string of the molecule is CCCCC[C@@H](/C=C/C=C\C/C=C\C/C=C\CCCC(=O)NCCO)OO. The number of carbonyl (C=O) groups is 1. The van der Waals surface area contributed by atoms with Crippen LogP contribution < -0.4 is 5.32 Å². The second-order valence-electron chi connectivity index (χ2n) is 6.33. The highest BCUT2D eigenvalue weighted by molar-refractivity contribution is 5.75. The van der Waals surface area contributed by atoms with Gasteiger partial charge in [-0.05, 0) is 32.1 Å². The third kappa shape index (κ3) is 18.9. The van der Waals surface area contributed by atoms with E-state index in [9.17, 15) is 4.79 Å². The Balaban J connectivity index is 3.68. The zero-order valence-corrected chi connectivity index (χ0v) is 16.7. The van der Waals surface area contributed by atoms with Crippen LogP contribution in [0.15, 0.2) is 48.6 Å². The highest BCUT2D eigenvalue weighted by atomic mass is 17.1. The molecule has 0 aliphatic carbocycles. The van der Waals surface area contributed by atoms with Gasteiger partial charge in [0.25, 0.3) is 0 Å². The molecular weight excluding hydrogens is 342 g/mol. The highest BCUT2D eigenvalue weighted by Gasteiger charge is 2.02. The first-order chi connectivity index (χ1) is 13.2. The summed E-state index contributed by atoms with van der Waals surface area (Å²) >= 11 is 0. The van der Waals surface area contributed by atoms with E-state index in [4.69, 9.17) is 10.4 Å². The minimum Gasteiger partial charge on any atom is -0.395 e. The highest BCUT2D eigenvalue weighted by Crippen LogP contribution is 2.07. The molecule has 0 unspecified atom stereocenters.